The summed E-state index contributed by atoms with van der Waals surface area (Å²) in [5.74, 6) is -0.0171. The number of benzene rings is 1. The van der Waals surface area contributed by atoms with E-state index >= 15 is 0 Å². The van der Waals surface area contributed by atoms with Crippen molar-refractivity contribution in [2.24, 2.45) is 4.99 Å². The number of piperidine rings is 1. The summed E-state index contributed by atoms with van der Waals surface area (Å²) in [5.41, 5.74) is 0.441. The smallest absolute Gasteiger partial charge is 0.243 e. The Morgan fingerprint density at radius 1 is 1.36 bits per heavy atom. The zero-order valence-corrected chi connectivity index (χ0v) is 15.2. The number of rotatable bonds is 5. The van der Waals surface area contributed by atoms with E-state index in [1.54, 1.807) is 19.2 Å². The number of anilines is 1. The summed E-state index contributed by atoms with van der Waals surface area (Å²) in [6.45, 7) is 6.62. The second-order valence-electron chi connectivity index (χ2n) is 6.53. The second-order valence-corrected chi connectivity index (χ2v) is 6.53. The predicted octanol–water partition coefficient (Wildman–Crippen LogP) is 1.80. The Morgan fingerprint density at radius 3 is 2.68 bits per heavy atom. The number of hydrogen-bond acceptors (Lipinski definition) is 3. The average molecular weight is 349 g/mol. The van der Waals surface area contributed by atoms with Gasteiger partial charge in [-0.25, -0.2) is 4.39 Å². The Hall–Kier alpha value is -2.15. The standard InChI is InChI=1S/C18H28FN5O/c1-13(2)24-9-7-15(8-10-24)23-18(20-3)21-12-17(25)22-16-6-4-5-14(19)11-16/h4-6,11,13,15H,7-10,12H2,1-3H3,(H,22,25)(H2,20,21,23). The van der Waals surface area contributed by atoms with Gasteiger partial charge in [0, 0.05) is 37.9 Å². The summed E-state index contributed by atoms with van der Waals surface area (Å²) in [7, 11) is 1.68. The summed E-state index contributed by atoms with van der Waals surface area (Å²) < 4.78 is 13.1. The number of aliphatic imine (C=N–C) groups is 1. The van der Waals surface area contributed by atoms with Gasteiger partial charge in [-0.2, -0.15) is 0 Å². The molecule has 0 aliphatic carbocycles. The molecule has 0 radical (unpaired) electrons. The molecule has 1 saturated heterocycles. The van der Waals surface area contributed by atoms with Gasteiger partial charge in [0.15, 0.2) is 5.96 Å². The Labute approximate surface area is 148 Å². The molecule has 25 heavy (non-hydrogen) atoms. The van der Waals surface area contributed by atoms with Crippen LogP contribution in [-0.4, -0.2) is 55.5 Å². The maximum atomic E-state index is 13.1. The summed E-state index contributed by atoms with van der Waals surface area (Å²) >= 11 is 0. The Kier molecular flexibility index (Phi) is 7.18. The van der Waals surface area contributed by atoms with Crippen LogP contribution in [0, 0.1) is 5.82 Å². The molecule has 0 atom stereocenters. The zero-order valence-electron chi connectivity index (χ0n) is 15.2. The van der Waals surface area contributed by atoms with Gasteiger partial charge < -0.3 is 20.9 Å². The van der Waals surface area contributed by atoms with E-state index < -0.39 is 0 Å². The first-order chi connectivity index (χ1) is 12.0. The van der Waals surface area contributed by atoms with Crippen molar-refractivity contribution in [2.45, 2.75) is 38.8 Å². The highest BCUT2D eigenvalue weighted by Crippen LogP contribution is 2.12. The minimum atomic E-state index is -0.379. The van der Waals surface area contributed by atoms with Crippen LogP contribution >= 0.6 is 0 Å². The first-order valence-electron chi connectivity index (χ1n) is 8.74. The van der Waals surface area contributed by atoms with Gasteiger partial charge in [-0.3, -0.25) is 9.79 Å². The van der Waals surface area contributed by atoms with E-state index in [0.29, 0.717) is 23.7 Å². The van der Waals surface area contributed by atoms with Gasteiger partial charge in [0.2, 0.25) is 5.91 Å². The van der Waals surface area contributed by atoms with E-state index in [0.717, 1.165) is 25.9 Å². The van der Waals surface area contributed by atoms with Gasteiger partial charge in [-0.1, -0.05) is 6.07 Å². The SMILES string of the molecule is CN=C(NCC(=O)Nc1cccc(F)c1)NC1CCN(C(C)C)CC1. The van der Waals surface area contributed by atoms with Crippen molar-refractivity contribution < 1.29 is 9.18 Å². The third kappa shape index (κ3) is 6.34. The normalized spacial score (nSPS) is 16.8. The summed E-state index contributed by atoms with van der Waals surface area (Å²) in [6, 6.07) is 6.76. The highest BCUT2D eigenvalue weighted by molar-refractivity contribution is 5.95. The van der Waals surface area contributed by atoms with Gasteiger partial charge in [-0.15, -0.1) is 0 Å². The lowest BCUT2D eigenvalue weighted by molar-refractivity contribution is -0.115. The molecule has 1 amide bonds. The largest absolute Gasteiger partial charge is 0.354 e. The molecule has 0 saturated carbocycles. The number of nitrogens with zero attached hydrogens (tertiary/aromatic N) is 2. The van der Waals surface area contributed by atoms with E-state index in [9.17, 15) is 9.18 Å². The number of carbonyl (C=O) groups is 1. The summed E-state index contributed by atoms with van der Waals surface area (Å²) in [4.78, 5) is 18.6. The van der Waals surface area contributed by atoms with Crippen molar-refractivity contribution >= 4 is 17.6 Å². The van der Waals surface area contributed by atoms with Crippen molar-refractivity contribution in [3.8, 4) is 0 Å². The third-order valence-corrected chi connectivity index (χ3v) is 4.35. The van der Waals surface area contributed by atoms with Crippen LogP contribution < -0.4 is 16.0 Å². The first-order valence-corrected chi connectivity index (χ1v) is 8.74. The fourth-order valence-electron chi connectivity index (χ4n) is 2.88. The third-order valence-electron chi connectivity index (χ3n) is 4.35. The molecule has 0 aromatic heterocycles. The molecule has 1 aliphatic heterocycles. The molecule has 1 heterocycles. The fraction of sp³-hybridized carbons (Fsp3) is 0.556. The molecule has 1 fully saturated rings. The maximum absolute atomic E-state index is 13.1. The zero-order chi connectivity index (χ0) is 18.2. The van der Waals surface area contributed by atoms with Crippen LogP contribution in [-0.2, 0) is 4.79 Å². The first kappa shape index (κ1) is 19.2. The number of hydrogen-bond donors (Lipinski definition) is 3. The van der Waals surface area contributed by atoms with E-state index in [1.807, 2.05) is 0 Å². The Balaban J connectivity index is 1.74. The molecule has 6 nitrogen and oxygen atoms in total. The van der Waals surface area contributed by atoms with Crippen LogP contribution in [0.5, 0.6) is 0 Å². The molecule has 0 unspecified atom stereocenters. The Morgan fingerprint density at radius 2 is 2.08 bits per heavy atom. The molecule has 0 spiro atoms. The van der Waals surface area contributed by atoms with Gasteiger partial charge in [0.25, 0.3) is 0 Å². The van der Waals surface area contributed by atoms with Crippen LogP contribution in [0.4, 0.5) is 10.1 Å². The van der Waals surface area contributed by atoms with Gasteiger partial charge in [0.1, 0.15) is 5.82 Å². The molecular weight excluding hydrogens is 321 g/mol. The highest BCUT2D eigenvalue weighted by Gasteiger charge is 2.21. The predicted molar refractivity (Wildman–Crippen MR) is 99.3 cm³/mol. The van der Waals surface area contributed by atoms with E-state index in [4.69, 9.17) is 0 Å². The van der Waals surface area contributed by atoms with E-state index in [2.05, 4.69) is 39.7 Å². The number of guanidine groups is 1. The second kappa shape index (κ2) is 9.36. The lowest BCUT2D eigenvalue weighted by Gasteiger charge is -2.35. The highest BCUT2D eigenvalue weighted by atomic mass is 19.1. The fourth-order valence-corrected chi connectivity index (χ4v) is 2.88. The van der Waals surface area contributed by atoms with Crippen LogP contribution in [0.3, 0.4) is 0 Å². The number of nitrogens with one attached hydrogen (secondary N) is 3. The number of carbonyl (C=O) groups excluding carboxylic acids is 1. The minimum Gasteiger partial charge on any atom is -0.354 e. The molecule has 1 aliphatic rings. The van der Waals surface area contributed by atoms with Crippen LogP contribution in [0.25, 0.3) is 0 Å². The maximum Gasteiger partial charge on any atom is 0.243 e. The van der Waals surface area contributed by atoms with Gasteiger partial charge >= 0.3 is 0 Å². The van der Waals surface area contributed by atoms with Crippen LogP contribution in [0.2, 0.25) is 0 Å². The lowest BCUT2D eigenvalue weighted by Crippen LogP contribution is -2.50. The number of amides is 1. The molecule has 2 rings (SSSR count). The number of halogens is 1. The van der Waals surface area contributed by atoms with Crippen LogP contribution in [0.1, 0.15) is 26.7 Å². The van der Waals surface area contributed by atoms with Crippen molar-refractivity contribution in [1.29, 1.82) is 0 Å². The molecular formula is C18H28FN5O. The molecule has 1 aromatic rings. The molecule has 3 N–H and O–H groups in total. The summed E-state index contributed by atoms with van der Waals surface area (Å²) in [6.07, 6.45) is 2.10. The average Bonchev–Trinajstić information content (AvgIpc) is 2.59. The van der Waals surface area contributed by atoms with Crippen molar-refractivity contribution in [3.05, 3.63) is 30.1 Å². The van der Waals surface area contributed by atoms with Gasteiger partial charge in [-0.05, 0) is 44.9 Å². The molecule has 1 aromatic carbocycles. The minimum absolute atomic E-state index is 0.0705. The van der Waals surface area contributed by atoms with E-state index in [-0.39, 0.29) is 18.3 Å². The topological polar surface area (TPSA) is 68.8 Å². The van der Waals surface area contributed by atoms with Crippen molar-refractivity contribution in [3.63, 3.8) is 0 Å². The monoisotopic (exact) mass is 349 g/mol. The molecule has 138 valence electrons. The van der Waals surface area contributed by atoms with Crippen molar-refractivity contribution in [1.82, 2.24) is 15.5 Å². The lowest BCUT2D eigenvalue weighted by atomic mass is 10.0. The number of likely N-dealkylation sites (tertiary alicyclic amines) is 1. The van der Waals surface area contributed by atoms with Crippen molar-refractivity contribution in [2.75, 3.05) is 32.0 Å². The quantitative estimate of drug-likeness (QED) is 0.560. The molecule has 7 heteroatoms. The summed E-state index contributed by atoms with van der Waals surface area (Å²) in [5, 5.41) is 9.02. The molecule has 0 bridgehead atoms. The van der Waals surface area contributed by atoms with Gasteiger partial charge in [0.05, 0.1) is 6.54 Å². The van der Waals surface area contributed by atoms with E-state index in [1.165, 1.54) is 12.1 Å². The Bertz CT molecular complexity index is 597. The van der Waals surface area contributed by atoms with Crippen LogP contribution in [0.15, 0.2) is 29.3 Å².